The van der Waals surface area contributed by atoms with Gasteiger partial charge in [-0.15, -0.1) is 11.8 Å². The Balaban J connectivity index is 2.04. The highest BCUT2D eigenvalue weighted by molar-refractivity contribution is 7.98. The molecule has 0 spiro atoms. The van der Waals surface area contributed by atoms with Crippen LogP contribution in [0.3, 0.4) is 0 Å². The molecule has 0 fully saturated rings. The van der Waals surface area contributed by atoms with Crippen molar-refractivity contribution in [1.29, 1.82) is 0 Å². The first-order valence-electron chi connectivity index (χ1n) is 6.72. The van der Waals surface area contributed by atoms with Crippen molar-refractivity contribution in [1.82, 2.24) is 0 Å². The van der Waals surface area contributed by atoms with Gasteiger partial charge in [0.1, 0.15) is 0 Å². The van der Waals surface area contributed by atoms with Gasteiger partial charge in [0.2, 0.25) is 0 Å². The molecule has 0 aliphatic carbocycles. The minimum atomic E-state index is 0.325. The molecule has 1 atom stereocenters. The summed E-state index contributed by atoms with van der Waals surface area (Å²) in [5.74, 6) is 0. The van der Waals surface area contributed by atoms with Crippen LogP contribution in [0.1, 0.15) is 31.0 Å². The summed E-state index contributed by atoms with van der Waals surface area (Å²) >= 11 is 1.77. The van der Waals surface area contributed by atoms with Crippen molar-refractivity contribution >= 4 is 17.4 Å². The Hall–Kier alpha value is -1.41. The molecule has 0 aliphatic rings. The van der Waals surface area contributed by atoms with E-state index in [-0.39, 0.29) is 0 Å². The highest BCUT2D eigenvalue weighted by Gasteiger charge is 2.05. The van der Waals surface area contributed by atoms with Crippen LogP contribution >= 0.6 is 11.8 Å². The minimum Gasteiger partial charge on any atom is -0.379 e. The molecule has 1 unspecified atom stereocenters. The topological polar surface area (TPSA) is 12.0 Å². The van der Waals surface area contributed by atoms with E-state index in [1.54, 1.807) is 11.8 Å². The highest BCUT2D eigenvalue weighted by atomic mass is 32.2. The van der Waals surface area contributed by atoms with Gasteiger partial charge in [-0.3, -0.25) is 0 Å². The molecule has 2 aromatic rings. The lowest BCUT2D eigenvalue weighted by molar-refractivity contribution is 0.882. The number of aryl methyl sites for hydroxylation is 1. The molecule has 0 saturated carbocycles. The van der Waals surface area contributed by atoms with Crippen LogP contribution in [0.25, 0.3) is 0 Å². The van der Waals surface area contributed by atoms with Crippen molar-refractivity contribution in [2.24, 2.45) is 0 Å². The third kappa shape index (κ3) is 3.77. The van der Waals surface area contributed by atoms with Crippen LogP contribution in [-0.2, 0) is 6.42 Å². The average Bonchev–Trinajstić information content (AvgIpc) is 2.48. The second-order valence-electron chi connectivity index (χ2n) is 4.69. The fraction of sp³-hybridized carbons (Fsp3) is 0.294. The lowest BCUT2D eigenvalue weighted by Gasteiger charge is -2.16. The standard InChI is InChI=1S/C17H21NS/c1-4-14-5-7-15(8-6-14)13(2)18-16-9-11-17(19-3)12-10-16/h5-13,18H,4H2,1-3H3. The molecule has 0 bridgehead atoms. The molecule has 0 amide bonds. The van der Waals surface area contributed by atoms with Crippen molar-refractivity contribution in [2.45, 2.75) is 31.2 Å². The number of hydrogen-bond acceptors (Lipinski definition) is 2. The van der Waals surface area contributed by atoms with Gasteiger partial charge in [-0.2, -0.15) is 0 Å². The third-order valence-corrected chi connectivity index (χ3v) is 4.10. The number of rotatable bonds is 5. The van der Waals surface area contributed by atoms with Crippen LogP contribution < -0.4 is 5.32 Å². The minimum absolute atomic E-state index is 0.325. The van der Waals surface area contributed by atoms with E-state index in [1.807, 2.05) is 0 Å². The van der Waals surface area contributed by atoms with Crippen molar-refractivity contribution in [3.63, 3.8) is 0 Å². The first-order chi connectivity index (χ1) is 9.22. The fourth-order valence-corrected chi connectivity index (χ4v) is 2.47. The van der Waals surface area contributed by atoms with Crippen molar-refractivity contribution in [2.75, 3.05) is 11.6 Å². The molecule has 2 rings (SSSR count). The van der Waals surface area contributed by atoms with Gasteiger partial charge >= 0.3 is 0 Å². The van der Waals surface area contributed by atoms with E-state index in [9.17, 15) is 0 Å². The molecule has 19 heavy (non-hydrogen) atoms. The number of anilines is 1. The molecule has 0 heterocycles. The van der Waals surface area contributed by atoms with Gasteiger partial charge < -0.3 is 5.32 Å². The Morgan fingerprint density at radius 1 is 1.00 bits per heavy atom. The second kappa shape index (κ2) is 6.67. The van der Waals surface area contributed by atoms with Gasteiger partial charge in [-0.25, -0.2) is 0 Å². The molecular weight excluding hydrogens is 250 g/mol. The van der Waals surface area contributed by atoms with Gasteiger partial charge in [0.05, 0.1) is 0 Å². The van der Waals surface area contributed by atoms with E-state index < -0.39 is 0 Å². The predicted octanol–water partition coefficient (Wildman–Crippen LogP) is 5.14. The number of nitrogens with one attached hydrogen (secondary N) is 1. The third-order valence-electron chi connectivity index (χ3n) is 3.36. The van der Waals surface area contributed by atoms with Gasteiger partial charge in [0.25, 0.3) is 0 Å². The lowest BCUT2D eigenvalue weighted by Crippen LogP contribution is -2.06. The molecule has 1 N–H and O–H groups in total. The lowest BCUT2D eigenvalue weighted by atomic mass is 10.0. The molecule has 2 aromatic carbocycles. The summed E-state index contributed by atoms with van der Waals surface area (Å²) in [4.78, 5) is 1.30. The maximum Gasteiger partial charge on any atom is 0.0485 e. The van der Waals surface area contributed by atoms with E-state index in [0.29, 0.717) is 6.04 Å². The molecule has 100 valence electrons. The largest absolute Gasteiger partial charge is 0.379 e. The predicted molar refractivity (Wildman–Crippen MR) is 86.1 cm³/mol. The zero-order valence-corrected chi connectivity index (χ0v) is 12.6. The smallest absolute Gasteiger partial charge is 0.0485 e. The molecular formula is C17H21NS. The Bertz CT molecular complexity index is 502. The Kier molecular flexibility index (Phi) is 4.92. The average molecular weight is 271 g/mol. The SMILES string of the molecule is CCc1ccc(C(C)Nc2ccc(SC)cc2)cc1. The van der Waals surface area contributed by atoms with Gasteiger partial charge in [-0.1, -0.05) is 31.2 Å². The van der Waals surface area contributed by atoms with Crippen molar-refractivity contribution < 1.29 is 0 Å². The summed E-state index contributed by atoms with van der Waals surface area (Å²) in [6, 6.07) is 17.8. The van der Waals surface area contributed by atoms with Crippen LogP contribution in [-0.4, -0.2) is 6.26 Å². The van der Waals surface area contributed by atoms with E-state index in [0.717, 1.165) is 6.42 Å². The Labute approximate surface area is 120 Å². The van der Waals surface area contributed by atoms with Crippen LogP contribution in [0.5, 0.6) is 0 Å². The van der Waals surface area contributed by atoms with Gasteiger partial charge in [-0.05, 0) is 55.0 Å². The number of thioether (sulfide) groups is 1. The monoisotopic (exact) mass is 271 g/mol. The van der Waals surface area contributed by atoms with Crippen LogP contribution in [0, 0.1) is 0 Å². The zero-order chi connectivity index (χ0) is 13.7. The van der Waals surface area contributed by atoms with E-state index >= 15 is 0 Å². The summed E-state index contributed by atoms with van der Waals surface area (Å²) in [7, 11) is 0. The fourth-order valence-electron chi connectivity index (χ4n) is 2.06. The van der Waals surface area contributed by atoms with E-state index in [2.05, 4.69) is 74.0 Å². The van der Waals surface area contributed by atoms with Gasteiger partial charge in [0, 0.05) is 16.6 Å². The summed E-state index contributed by atoms with van der Waals surface area (Å²) < 4.78 is 0. The van der Waals surface area contributed by atoms with Crippen molar-refractivity contribution in [3.05, 3.63) is 59.7 Å². The first-order valence-corrected chi connectivity index (χ1v) is 7.95. The maximum atomic E-state index is 3.54. The summed E-state index contributed by atoms with van der Waals surface area (Å²) in [5, 5.41) is 3.54. The van der Waals surface area contributed by atoms with E-state index in [1.165, 1.54) is 21.7 Å². The summed E-state index contributed by atoms with van der Waals surface area (Å²) in [6.07, 6.45) is 3.19. The van der Waals surface area contributed by atoms with Crippen molar-refractivity contribution in [3.8, 4) is 0 Å². The van der Waals surface area contributed by atoms with Gasteiger partial charge in [0.15, 0.2) is 0 Å². The molecule has 0 aromatic heterocycles. The Morgan fingerprint density at radius 2 is 1.63 bits per heavy atom. The summed E-state index contributed by atoms with van der Waals surface area (Å²) in [5.41, 5.74) is 3.89. The number of benzene rings is 2. The van der Waals surface area contributed by atoms with E-state index in [4.69, 9.17) is 0 Å². The first kappa shape index (κ1) is 14.0. The molecule has 1 nitrogen and oxygen atoms in total. The summed E-state index contributed by atoms with van der Waals surface area (Å²) in [6.45, 7) is 4.38. The molecule has 0 aliphatic heterocycles. The highest BCUT2D eigenvalue weighted by Crippen LogP contribution is 2.22. The quantitative estimate of drug-likeness (QED) is 0.755. The van der Waals surface area contributed by atoms with Crippen LogP contribution in [0.15, 0.2) is 53.4 Å². The van der Waals surface area contributed by atoms with Crippen LogP contribution in [0.4, 0.5) is 5.69 Å². The second-order valence-corrected chi connectivity index (χ2v) is 5.57. The molecule has 0 radical (unpaired) electrons. The normalized spacial score (nSPS) is 12.2. The zero-order valence-electron chi connectivity index (χ0n) is 11.8. The molecule has 2 heteroatoms. The molecule has 0 saturated heterocycles. The number of hydrogen-bond donors (Lipinski definition) is 1. The Morgan fingerprint density at radius 3 is 2.16 bits per heavy atom. The van der Waals surface area contributed by atoms with Crippen LogP contribution in [0.2, 0.25) is 0 Å². The maximum absolute atomic E-state index is 3.54.